The number of ether oxygens (including phenoxy) is 1. The molecular weight excluding hydrogens is 320 g/mol. The average molecular weight is 341 g/mol. The minimum Gasteiger partial charge on any atom is -0.496 e. The minimum absolute atomic E-state index is 0.152. The van der Waals surface area contributed by atoms with Crippen molar-refractivity contribution in [3.8, 4) is 5.75 Å². The maximum absolute atomic E-state index is 12.4. The first-order chi connectivity index (χ1) is 9.61. The largest absolute Gasteiger partial charge is 0.496 e. The van der Waals surface area contributed by atoms with Gasteiger partial charge in [-0.3, -0.25) is 4.79 Å². The van der Waals surface area contributed by atoms with Crippen molar-refractivity contribution in [1.29, 1.82) is 0 Å². The summed E-state index contributed by atoms with van der Waals surface area (Å²) in [4.78, 5) is 14.2. The van der Waals surface area contributed by atoms with Gasteiger partial charge < -0.3 is 15.0 Å². The molecule has 1 amide bonds. The Kier molecular flexibility index (Phi) is 5.43. The molecule has 0 aliphatic carbocycles. The molecule has 0 unspecified atom stereocenters. The third-order valence-corrected chi connectivity index (χ3v) is 4.21. The van der Waals surface area contributed by atoms with Crippen molar-refractivity contribution in [2.45, 2.75) is 19.4 Å². The summed E-state index contributed by atoms with van der Waals surface area (Å²) in [5.41, 5.74) is 1.02. The van der Waals surface area contributed by atoms with Crippen molar-refractivity contribution < 1.29 is 9.53 Å². The predicted molar refractivity (Wildman–Crippen MR) is 82.8 cm³/mol. The molecule has 4 nitrogen and oxygen atoms in total. The highest BCUT2D eigenvalue weighted by Gasteiger charge is 2.24. The van der Waals surface area contributed by atoms with Gasteiger partial charge in [-0.1, -0.05) is 15.9 Å². The number of amides is 1. The number of carbonyl (C=O) groups excluding carboxylic acids is 1. The normalized spacial score (nSPS) is 15.9. The molecule has 1 saturated heterocycles. The van der Waals surface area contributed by atoms with Crippen LogP contribution in [0.15, 0.2) is 22.7 Å². The highest BCUT2D eigenvalue weighted by atomic mass is 79.9. The molecule has 2 rings (SSSR count). The second-order valence-electron chi connectivity index (χ2n) is 5.17. The summed E-state index contributed by atoms with van der Waals surface area (Å²) in [5.74, 6) is 1.20. The van der Waals surface area contributed by atoms with Crippen LogP contribution in [0.3, 0.4) is 0 Å². The fourth-order valence-corrected chi connectivity index (χ4v) is 2.99. The van der Waals surface area contributed by atoms with Crippen LogP contribution in [0.25, 0.3) is 0 Å². The molecule has 1 aliphatic rings. The Bertz CT molecular complexity index is 473. The Hall–Kier alpha value is -1.07. The number of piperidine rings is 1. The van der Waals surface area contributed by atoms with E-state index < -0.39 is 0 Å². The van der Waals surface area contributed by atoms with E-state index in [0.717, 1.165) is 41.7 Å². The topological polar surface area (TPSA) is 41.6 Å². The van der Waals surface area contributed by atoms with E-state index in [4.69, 9.17) is 4.74 Å². The zero-order chi connectivity index (χ0) is 14.5. The quantitative estimate of drug-likeness (QED) is 0.915. The van der Waals surface area contributed by atoms with Crippen molar-refractivity contribution in [3.05, 3.63) is 28.2 Å². The van der Waals surface area contributed by atoms with Gasteiger partial charge in [0, 0.05) is 29.5 Å². The minimum atomic E-state index is 0.152. The molecule has 0 bridgehead atoms. The van der Waals surface area contributed by atoms with E-state index in [1.165, 1.54) is 0 Å². The first kappa shape index (κ1) is 15.3. The van der Waals surface area contributed by atoms with E-state index in [9.17, 15) is 4.79 Å². The number of nitrogens with zero attached hydrogens (tertiary/aromatic N) is 1. The van der Waals surface area contributed by atoms with Crippen LogP contribution in [0, 0.1) is 5.92 Å². The standard InChI is InChI=1S/C15H21BrN2O2/c1-18(15(19)11-5-7-17-8-6-11)10-12-9-13(16)3-4-14(12)20-2/h3-4,9,11,17H,5-8,10H2,1-2H3. The summed E-state index contributed by atoms with van der Waals surface area (Å²) in [5, 5.41) is 3.29. The van der Waals surface area contributed by atoms with Crippen molar-refractivity contribution in [3.63, 3.8) is 0 Å². The molecule has 0 radical (unpaired) electrons. The smallest absolute Gasteiger partial charge is 0.225 e. The number of rotatable bonds is 4. The van der Waals surface area contributed by atoms with Crippen LogP contribution in [-0.2, 0) is 11.3 Å². The van der Waals surface area contributed by atoms with Gasteiger partial charge in [-0.15, -0.1) is 0 Å². The van der Waals surface area contributed by atoms with Crippen LogP contribution >= 0.6 is 15.9 Å². The number of hydrogen-bond acceptors (Lipinski definition) is 3. The maximum Gasteiger partial charge on any atom is 0.225 e. The zero-order valence-electron chi connectivity index (χ0n) is 12.0. The summed E-state index contributed by atoms with van der Waals surface area (Å²) in [7, 11) is 3.52. The van der Waals surface area contributed by atoms with E-state index in [1.807, 2.05) is 25.2 Å². The van der Waals surface area contributed by atoms with Crippen LogP contribution in [0.2, 0.25) is 0 Å². The van der Waals surface area contributed by atoms with Gasteiger partial charge in [0.25, 0.3) is 0 Å². The van der Waals surface area contributed by atoms with Crippen LogP contribution < -0.4 is 10.1 Å². The summed E-state index contributed by atoms with van der Waals surface area (Å²) in [6.07, 6.45) is 1.86. The van der Waals surface area contributed by atoms with E-state index in [-0.39, 0.29) is 11.8 Å². The molecule has 1 fully saturated rings. The van der Waals surface area contributed by atoms with Gasteiger partial charge in [-0.2, -0.15) is 0 Å². The van der Waals surface area contributed by atoms with Crippen molar-refractivity contribution in [2.75, 3.05) is 27.2 Å². The fraction of sp³-hybridized carbons (Fsp3) is 0.533. The number of nitrogens with one attached hydrogen (secondary N) is 1. The molecule has 1 N–H and O–H groups in total. The third-order valence-electron chi connectivity index (χ3n) is 3.71. The van der Waals surface area contributed by atoms with Crippen molar-refractivity contribution >= 4 is 21.8 Å². The Morgan fingerprint density at radius 2 is 2.15 bits per heavy atom. The molecule has 0 aromatic heterocycles. The van der Waals surface area contributed by atoms with Gasteiger partial charge in [0.15, 0.2) is 0 Å². The Labute approximate surface area is 128 Å². The summed E-state index contributed by atoms with van der Waals surface area (Å²) in [6, 6.07) is 5.87. The SMILES string of the molecule is COc1ccc(Br)cc1CN(C)C(=O)C1CCNCC1. The molecule has 0 spiro atoms. The number of methoxy groups -OCH3 is 1. The molecule has 110 valence electrons. The monoisotopic (exact) mass is 340 g/mol. The van der Waals surface area contributed by atoms with E-state index >= 15 is 0 Å². The molecular formula is C15H21BrN2O2. The third kappa shape index (κ3) is 3.73. The van der Waals surface area contributed by atoms with Crippen molar-refractivity contribution in [2.24, 2.45) is 5.92 Å². The maximum atomic E-state index is 12.4. The van der Waals surface area contributed by atoms with E-state index in [0.29, 0.717) is 6.54 Å². The molecule has 1 heterocycles. The lowest BCUT2D eigenvalue weighted by Gasteiger charge is -2.27. The second-order valence-corrected chi connectivity index (χ2v) is 6.09. The molecule has 5 heteroatoms. The number of benzene rings is 1. The van der Waals surface area contributed by atoms with Crippen LogP contribution in [-0.4, -0.2) is 38.1 Å². The summed E-state index contributed by atoms with van der Waals surface area (Å²) < 4.78 is 6.35. The lowest BCUT2D eigenvalue weighted by molar-refractivity contribution is -0.135. The fourth-order valence-electron chi connectivity index (χ4n) is 2.58. The average Bonchev–Trinajstić information content (AvgIpc) is 2.47. The molecule has 0 saturated carbocycles. The predicted octanol–water partition coefficient (Wildman–Crippen LogP) is 2.42. The number of halogens is 1. The van der Waals surface area contributed by atoms with Gasteiger partial charge in [0.05, 0.1) is 7.11 Å². The van der Waals surface area contributed by atoms with Gasteiger partial charge in [-0.05, 0) is 44.1 Å². The number of carbonyl (C=O) groups is 1. The lowest BCUT2D eigenvalue weighted by atomic mass is 9.96. The second kappa shape index (κ2) is 7.09. The first-order valence-corrected chi connectivity index (χ1v) is 7.69. The van der Waals surface area contributed by atoms with Gasteiger partial charge in [0.2, 0.25) is 5.91 Å². The van der Waals surface area contributed by atoms with Gasteiger partial charge in [-0.25, -0.2) is 0 Å². The first-order valence-electron chi connectivity index (χ1n) is 6.90. The molecule has 1 aromatic rings. The van der Waals surface area contributed by atoms with Crippen molar-refractivity contribution in [1.82, 2.24) is 10.2 Å². The lowest BCUT2D eigenvalue weighted by Crippen LogP contribution is -2.38. The highest BCUT2D eigenvalue weighted by Crippen LogP contribution is 2.25. The van der Waals surface area contributed by atoms with Gasteiger partial charge in [0.1, 0.15) is 5.75 Å². The number of hydrogen-bond donors (Lipinski definition) is 1. The Morgan fingerprint density at radius 1 is 1.45 bits per heavy atom. The van der Waals surface area contributed by atoms with E-state index in [1.54, 1.807) is 12.0 Å². The molecule has 1 aliphatic heterocycles. The molecule has 1 aromatic carbocycles. The van der Waals surface area contributed by atoms with E-state index in [2.05, 4.69) is 21.2 Å². The highest BCUT2D eigenvalue weighted by molar-refractivity contribution is 9.10. The summed E-state index contributed by atoms with van der Waals surface area (Å²) in [6.45, 7) is 2.44. The molecule has 20 heavy (non-hydrogen) atoms. The van der Waals surface area contributed by atoms with Crippen LogP contribution in [0.1, 0.15) is 18.4 Å². The van der Waals surface area contributed by atoms with Crippen LogP contribution in [0.5, 0.6) is 5.75 Å². The zero-order valence-corrected chi connectivity index (χ0v) is 13.6. The molecule has 0 atom stereocenters. The Balaban J connectivity index is 2.04. The summed E-state index contributed by atoms with van der Waals surface area (Å²) >= 11 is 3.46. The van der Waals surface area contributed by atoms with Crippen LogP contribution in [0.4, 0.5) is 0 Å². The van der Waals surface area contributed by atoms with Gasteiger partial charge >= 0.3 is 0 Å². The Morgan fingerprint density at radius 3 is 2.80 bits per heavy atom.